The molecule has 0 aliphatic carbocycles. The van der Waals surface area contributed by atoms with Crippen LogP contribution in [0.1, 0.15) is 18.9 Å². The third-order valence-electron chi connectivity index (χ3n) is 4.01. The standard InChI is InChI=1S/C15H17BF2N4O4/c1-8(16(25)26)21-13(23)7-20-15(24)12-2-3-22(12)14-10(17)4-9(6-19)5-11(14)18/h4-5,8,12,25-26H,2-3,7H2,1H3,(H,20,24)(H,21,23)/t8?,12-/m0/s1. The lowest BCUT2D eigenvalue weighted by molar-refractivity contribution is -0.127. The smallest absolute Gasteiger partial charge is 0.426 e. The van der Waals surface area contributed by atoms with Gasteiger partial charge in [-0.2, -0.15) is 5.26 Å². The van der Waals surface area contributed by atoms with Gasteiger partial charge in [0.25, 0.3) is 0 Å². The monoisotopic (exact) mass is 366 g/mol. The molecule has 138 valence electrons. The van der Waals surface area contributed by atoms with E-state index in [1.165, 1.54) is 11.8 Å². The normalized spacial score (nSPS) is 16.9. The highest BCUT2D eigenvalue weighted by Crippen LogP contribution is 2.32. The second-order valence-electron chi connectivity index (χ2n) is 5.89. The van der Waals surface area contributed by atoms with Crippen molar-refractivity contribution in [2.24, 2.45) is 0 Å². The molecule has 0 spiro atoms. The summed E-state index contributed by atoms with van der Waals surface area (Å²) in [4.78, 5) is 25.0. The van der Waals surface area contributed by atoms with Crippen molar-refractivity contribution < 1.29 is 28.4 Å². The zero-order valence-corrected chi connectivity index (χ0v) is 13.9. The molecule has 0 saturated carbocycles. The van der Waals surface area contributed by atoms with E-state index < -0.39 is 54.8 Å². The molecule has 1 heterocycles. The Kier molecular flexibility index (Phi) is 6.12. The Labute approximate surface area is 148 Å². The fourth-order valence-electron chi connectivity index (χ4n) is 2.50. The SMILES string of the molecule is CC(NC(=O)CNC(=O)[C@@H]1CCN1c1c(F)cc(C#N)cc1F)B(O)O. The number of carbonyl (C=O) groups is 2. The first kappa shape index (κ1) is 19.6. The van der Waals surface area contributed by atoms with Crippen molar-refractivity contribution in [1.82, 2.24) is 10.6 Å². The van der Waals surface area contributed by atoms with E-state index in [1.807, 2.05) is 0 Å². The van der Waals surface area contributed by atoms with Crippen LogP contribution in [0.3, 0.4) is 0 Å². The summed E-state index contributed by atoms with van der Waals surface area (Å²) >= 11 is 0. The average Bonchev–Trinajstić information content (AvgIpc) is 2.54. The Morgan fingerprint density at radius 3 is 2.50 bits per heavy atom. The lowest BCUT2D eigenvalue weighted by Crippen LogP contribution is -2.58. The maximum Gasteiger partial charge on any atom is 0.475 e. The highest BCUT2D eigenvalue weighted by atomic mass is 19.1. The maximum absolute atomic E-state index is 14.1. The minimum absolute atomic E-state index is 0.165. The quantitative estimate of drug-likeness (QED) is 0.481. The molecular formula is C15H17BF2N4O4. The molecule has 4 N–H and O–H groups in total. The first-order valence-electron chi connectivity index (χ1n) is 7.83. The predicted molar refractivity (Wildman–Crippen MR) is 87.6 cm³/mol. The number of anilines is 1. The number of hydrogen-bond donors (Lipinski definition) is 4. The summed E-state index contributed by atoms with van der Waals surface area (Å²) in [6.45, 7) is 1.20. The van der Waals surface area contributed by atoms with Gasteiger partial charge >= 0.3 is 7.12 Å². The van der Waals surface area contributed by atoms with Crippen molar-refractivity contribution in [2.75, 3.05) is 18.0 Å². The fraction of sp³-hybridized carbons (Fsp3) is 0.400. The number of amides is 2. The second kappa shape index (κ2) is 8.12. The molecule has 1 fully saturated rings. The van der Waals surface area contributed by atoms with E-state index in [-0.39, 0.29) is 12.1 Å². The summed E-state index contributed by atoms with van der Waals surface area (Å²) in [6, 6.07) is 2.58. The van der Waals surface area contributed by atoms with Crippen LogP contribution in [0.2, 0.25) is 0 Å². The molecule has 0 bridgehead atoms. The van der Waals surface area contributed by atoms with Crippen molar-refractivity contribution in [2.45, 2.75) is 25.3 Å². The summed E-state index contributed by atoms with van der Waals surface area (Å²) in [6.07, 6.45) is 0.345. The number of halogens is 2. The Hall–Kier alpha value is -2.71. The molecule has 0 aromatic heterocycles. The van der Waals surface area contributed by atoms with Crippen molar-refractivity contribution in [3.8, 4) is 6.07 Å². The number of nitriles is 1. The van der Waals surface area contributed by atoms with Gasteiger partial charge in [-0.25, -0.2) is 8.78 Å². The molecule has 8 nitrogen and oxygen atoms in total. The summed E-state index contributed by atoms with van der Waals surface area (Å²) in [7, 11) is -1.74. The van der Waals surface area contributed by atoms with E-state index in [0.717, 1.165) is 12.1 Å². The van der Waals surface area contributed by atoms with Gasteiger partial charge in [-0.1, -0.05) is 0 Å². The molecule has 26 heavy (non-hydrogen) atoms. The van der Waals surface area contributed by atoms with Gasteiger partial charge in [0.05, 0.1) is 24.1 Å². The molecule has 1 saturated heterocycles. The molecule has 1 aromatic rings. The lowest BCUT2D eigenvalue weighted by atomic mass is 9.81. The number of rotatable bonds is 6. The van der Waals surface area contributed by atoms with Crippen LogP contribution in [-0.2, 0) is 9.59 Å². The highest BCUT2D eigenvalue weighted by Gasteiger charge is 2.37. The maximum atomic E-state index is 14.1. The molecular weight excluding hydrogens is 349 g/mol. The summed E-state index contributed by atoms with van der Waals surface area (Å²) in [5, 5.41) is 31.1. The van der Waals surface area contributed by atoms with Crippen LogP contribution in [0.4, 0.5) is 14.5 Å². The van der Waals surface area contributed by atoms with Crippen molar-refractivity contribution in [3.63, 3.8) is 0 Å². The van der Waals surface area contributed by atoms with Gasteiger partial charge in [-0.3, -0.25) is 9.59 Å². The van der Waals surface area contributed by atoms with Gasteiger partial charge in [-0.15, -0.1) is 0 Å². The van der Waals surface area contributed by atoms with Crippen LogP contribution >= 0.6 is 0 Å². The van der Waals surface area contributed by atoms with Gasteiger partial charge in [-0.05, 0) is 25.5 Å². The molecule has 1 aliphatic rings. The molecule has 2 atom stereocenters. The molecule has 2 amide bonds. The third kappa shape index (κ3) is 4.28. The van der Waals surface area contributed by atoms with Gasteiger partial charge in [0.2, 0.25) is 11.8 Å². The number of nitrogens with zero attached hydrogens (tertiary/aromatic N) is 2. The van der Waals surface area contributed by atoms with Crippen LogP contribution in [-0.4, -0.2) is 54.1 Å². The van der Waals surface area contributed by atoms with Gasteiger partial charge in [0.15, 0.2) is 11.6 Å². The van der Waals surface area contributed by atoms with E-state index in [1.54, 1.807) is 6.07 Å². The average molecular weight is 366 g/mol. The molecule has 1 aliphatic heterocycles. The summed E-state index contributed by atoms with van der Waals surface area (Å²) in [5.74, 6) is -4.03. The van der Waals surface area contributed by atoms with Crippen molar-refractivity contribution in [3.05, 3.63) is 29.3 Å². The molecule has 2 rings (SSSR count). The van der Waals surface area contributed by atoms with E-state index in [4.69, 9.17) is 15.3 Å². The largest absolute Gasteiger partial charge is 0.475 e. The highest BCUT2D eigenvalue weighted by molar-refractivity contribution is 6.43. The van der Waals surface area contributed by atoms with Crippen molar-refractivity contribution >= 4 is 24.6 Å². The summed E-state index contributed by atoms with van der Waals surface area (Å²) in [5.41, 5.74) is -0.556. The minimum atomic E-state index is -1.74. The van der Waals surface area contributed by atoms with E-state index in [2.05, 4.69) is 10.6 Å². The first-order valence-corrected chi connectivity index (χ1v) is 7.83. The van der Waals surface area contributed by atoms with Crippen LogP contribution in [0.5, 0.6) is 0 Å². The number of benzene rings is 1. The number of hydrogen-bond acceptors (Lipinski definition) is 6. The molecule has 1 unspecified atom stereocenters. The Morgan fingerprint density at radius 2 is 2.04 bits per heavy atom. The zero-order chi connectivity index (χ0) is 19.4. The van der Waals surface area contributed by atoms with Crippen LogP contribution in [0.15, 0.2) is 12.1 Å². The predicted octanol–water partition coefficient (Wildman–Crippen LogP) is -0.952. The third-order valence-corrected chi connectivity index (χ3v) is 4.01. The fourth-order valence-corrected chi connectivity index (χ4v) is 2.50. The minimum Gasteiger partial charge on any atom is -0.426 e. The van der Waals surface area contributed by atoms with Gasteiger partial charge < -0.3 is 25.6 Å². The Bertz CT molecular complexity index is 733. The first-order chi connectivity index (χ1) is 12.2. The lowest BCUT2D eigenvalue weighted by Gasteiger charge is -2.41. The number of carbonyl (C=O) groups excluding carboxylic acids is 2. The second-order valence-corrected chi connectivity index (χ2v) is 5.89. The Morgan fingerprint density at radius 1 is 1.42 bits per heavy atom. The van der Waals surface area contributed by atoms with Crippen molar-refractivity contribution in [1.29, 1.82) is 5.26 Å². The topological polar surface area (TPSA) is 126 Å². The molecule has 0 radical (unpaired) electrons. The zero-order valence-electron chi connectivity index (χ0n) is 13.9. The summed E-state index contributed by atoms with van der Waals surface area (Å²) < 4.78 is 28.1. The van der Waals surface area contributed by atoms with E-state index >= 15 is 0 Å². The number of nitrogens with one attached hydrogen (secondary N) is 2. The Balaban J connectivity index is 1.98. The van der Waals surface area contributed by atoms with E-state index in [0.29, 0.717) is 6.42 Å². The molecule has 11 heteroatoms. The van der Waals surface area contributed by atoms with Crippen LogP contribution < -0.4 is 15.5 Å². The van der Waals surface area contributed by atoms with Gasteiger partial charge in [0.1, 0.15) is 11.7 Å². The van der Waals surface area contributed by atoms with E-state index in [9.17, 15) is 18.4 Å². The van der Waals surface area contributed by atoms with Gasteiger partial charge in [0, 0.05) is 6.54 Å². The van der Waals surface area contributed by atoms with Crippen LogP contribution in [0, 0.1) is 23.0 Å². The molecule has 1 aromatic carbocycles. The van der Waals surface area contributed by atoms with Crippen LogP contribution in [0.25, 0.3) is 0 Å².